The van der Waals surface area contributed by atoms with Crippen molar-refractivity contribution >= 4 is 0 Å². The average molecular weight is 362 g/mol. The molecule has 5 rings (SSSR count). The van der Waals surface area contributed by atoms with Gasteiger partial charge in [0, 0.05) is 36.1 Å². The smallest absolute Gasteiger partial charge is 0.231 e. The van der Waals surface area contributed by atoms with Crippen LogP contribution in [0.15, 0.2) is 48.9 Å². The molecule has 1 fully saturated rings. The van der Waals surface area contributed by atoms with Crippen LogP contribution in [0.2, 0.25) is 0 Å². The van der Waals surface area contributed by atoms with Crippen molar-refractivity contribution in [3.05, 3.63) is 60.0 Å². The van der Waals surface area contributed by atoms with Crippen LogP contribution in [0.1, 0.15) is 36.4 Å². The maximum Gasteiger partial charge on any atom is 0.231 e. The SMILES string of the molecule is c1cncc(C2CCCCN2Cc2cn[nH]c2-c2ccc3c(c2)OCO3)c1. The Morgan fingerprint density at radius 3 is 3.00 bits per heavy atom. The largest absolute Gasteiger partial charge is 0.454 e. The topological polar surface area (TPSA) is 63.3 Å². The fraction of sp³-hybridized carbons (Fsp3) is 0.333. The minimum atomic E-state index is 0.287. The highest BCUT2D eigenvalue weighted by molar-refractivity contribution is 5.66. The molecule has 0 aliphatic carbocycles. The van der Waals surface area contributed by atoms with Gasteiger partial charge in [0.1, 0.15) is 0 Å². The van der Waals surface area contributed by atoms with Gasteiger partial charge in [0.25, 0.3) is 0 Å². The van der Waals surface area contributed by atoms with Crippen molar-refractivity contribution in [2.45, 2.75) is 31.8 Å². The van der Waals surface area contributed by atoms with Crippen molar-refractivity contribution < 1.29 is 9.47 Å². The molecule has 0 radical (unpaired) electrons. The third-order valence-electron chi connectivity index (χ3n) is 5.44. The lowest BCUT2D eigenvalue weighted by Crippen LogP contribution is -2.33. The Morgan fingerprint density at radius 2 is 2.07 bits per heavy atom. The third kappa shape index (κ3) is 3.17. The van der Waals surface area contributed by atoms with Gasteiger partial charge in [-0.2, -0.15) is 5.10 Å². The minimum absolute atomic E-state index is 0.287. The summed E-state index contributed by atoms with van der Waals surface area (Å²) in [5.74, 6) is 1.59. The molecule has 3 aromatic rings. The molecule has 138 valence electrons. The zero-order valence-electron chi connectivity index (χ0n) is 15.1. The molecule has 27 heavy (non-hydrogen) atoms. The molecule has 1 atom stereocenters. The first-order valence-electron chi connectivity index (χ1n) is 9.45. The van der Waals surface area contributed by atoms with Gasteiger partial charge < -0.3 is 9.47 Å². The number of pyridine rings is 1. The molecule has 2 aromatic heterocycles. The number of piperidine rings is 1. The monoisotopic (exact) mass is 362 g/mol. The first-order valence-corrected chi connectivity index (χ1v) is 9.45. The van der Waals surface area contributed by atoms with E-state index in [1.807, 2.05) is 36.8 Å². The van der Waals surface area contributed by atoms with E-state index in [0.717, 1.165) is 35.8 Å². The van der Waals surface area contributed by atoms with Crippen molar-refractivity contribution in [3.8, 4) is 22.8 Å². The summed E-state index contributed by atoms with van der Waals surface area (Å²) in [5, 5.41) is 7.49. The van der Waals surface area contributed by atoms with E-state index in [0.29, 0.717) is 6.04 Å². The summed E-state index contributed by atoms with van der Waals surface area (Å²) in [6, 6.07) is 10.7. The number of rotatable bonds is 4. The molecule has 0 spiro atoms. The molecule has 6 heteroatoms. The van der Waals surface area contributed by atoms with Gasteiger partial charge in [0.2, 0.25) is 6.79 Å². The molecule has 6 nitrogen and oxygen atoms in total. The van der Waals surface area contributed by atoms with Crippen LogP contribution in [0, 0.1) is 0 Å². The van der Waals surface area contributed by atoms with Gasteiger partial charge in [0.05, 0.1) is 11.9 Å². The third-order valence-corrected chi connectivity index (χ3v) is 5.44. The number of aromatic amines is 1. The number of benzene rings is 1. The summed E-state index contributed by atoms with van der Waals surface area (Å²) in [6.07, 6.45) is 9.43. The van der Waals surface area contributed by atoms with E-state index in [-0.39, 0.29) is 6.79 Å². The second-order valence-corrected chi connectivity index (χ2v) is 7.11. The standard InChI is InChI=1S/C21H22N4O2/c1-2-9-25(18(5-1)16-4-3-8-22-11-16)13-17-12-23-24-21(17)15-6-7-19-20(10-15)27-14-26-19/h3-4,6-8,10-12,18H,1-2,5,9,13-14H2,(H,23,24). The van der Waals surface area contributed by atoms with Crippen molar-refractivity contribution in [2.75, 3.05) is 13.3 Å². The summed E-state index contributed by atoms with van der Waals surface area (Å²) < 4.78 is 11.0. The number of ether oxygens (including phenoxy) is 2. The van der Waals surface area contributed by atoms with Crippen molar-refractivity contribution in [1.82, 2.24) is 20.1 Å². The van der Waals surface area contributed by atoms with E-state index < -0.39 is 0 Å². The molecule has 1 N–H and O–H groups in total. The zero-order chi connectivity index (χ0) is 18.1. The number of nitrogens with zero attached hydrogens (tertiary/aromatic N) is 3. The molecule has 1 saturated heterocycles. The Hall–Kier alpha value is -2.86. The molecule has 0 bridgehead atoms. The Morgan fingerprint density at radius 1 is 1.11 bits per heavy atom. The summed E-state index contributed by atoms with van der Waals surface area (Å²) in [6.45, 7) is 2.24. The van der Waals surface area contributed by atoms with Crippen molar-refractivity contribution in [3.63, 3.8) is 0 Å². The lowest BCUT2D eigenvalue weighted by molar-refractivity contribution is 0.140. The first kappa shape index (κ1) is 16.3. The minimum Gasteiger partial charge on any atom is -0.454 e. The number of hydrogen-bond donors (Lipinski definition) is 1. The van der Waals surface area contributed by atoms with Crippen molar-refractivity contribution in [1.29, 1.82) is 0 Å². The highest BCUT2D eigenvalue weighted by atomic mass is 16.7. The van der Waals surface area contributed by atoms with E-state index in [1.165, 1.54) is 30.4 Å². The summed E-state index contributed by atoms with van der Waals surface area (Å²) in [5.41, 5.74) is 4.61. The Labute approximate surface area is 158 Å². The molecular weight excluding hydrogens is 340 g/mol. The lowest BCUT2D eigenvalue weighted by Gasteiger charge is -2.35. The Balaban J connectivity index is 1.42. The van der Waals surface area contributed by atoms with E-state index >= 15 is 0 Å². The van der Waals surface area contributed by atoms with Gasteiger partial charge in [-0.15, -0.1) is 0 Å². The summed E-state index contributed by atoms with van der Waals surface area (Å²) in [7, 11) is 0. The summed E-state index contributed by atoms with van der Waals surface area (Å²) >= 11 is 0. The fourth-order valence-electron chi connectivity index (χ4n) is 4.08. The fourth-order valence-corrected chi connectivity index (χ4v) is 4.08. The predicted octanol–water partition coefficient (Wildman–Crippen LogP) is 3.93. The molecule has 2 aliphatic heterocycles. The summed E-state index contributed by atoms with van der Waals surface area (Å²) in [4.78, 5) is 6.86. The molecule has 4 heterocycles. The van der Waals surface area contributed by atoms with Crippen LogP contribution < -0.4 is 9.47 Å². The second-order valence-electron chi connectivity index (χ2n) is 7.11. The number of fused-ring (bicyclic) bond motifs is 1. The molecule has 0 amide bonds. The average Bonchev–Trinajstić information content (AvgIpc) is 3.37. The number of hydrogen-bond acceptors (Lipinski definition) is 5. The number of likely N-dealkylation sites (tertiary alicyclic amines) is 1. The van der Waals surface area contributed by atoms with Crippen LogP contribution in [-0.2, 0) is 6.54 Å². The van der Waals surface area contributed by atoms with Crippen molar-refractivity contribution in [2.24, 2.45) is 0 Å². The van der Waals surface area contributed by atoms with Crippen LogP contribution in [0.5, 0.6) is 11.5 Å². The normalized spacial score (nSPS) is 19.3. The number of H-pyrrole nitrogens is 1. The zero-order valence-corrected chi connectivity index (χ0v) is 15.1. The molecular formula is C21H22N4O2. The van der Waals surface area contributed by atoms with Crippen LogP contribution >= 0.6 is 0 Å². The Bertz CT molecular complexity index is 925. The van der Waals surface area contributed by atoms with Gasteiger partial charge in [-0.05, 0) is 49.2 Å². The van der Waals surface area contributed by atoms with E-state index in [9.17, 15) is 0 Å². The highest BCUT2D eigenvalue weighted by Gasteiger charge is 2.25. The maximum absolute atomic E-state index is 5.53. The van der Waals surface area contributed by atoms with Gasteiger partial charge >= 0.3 is 0 Å². The molecule has 2 aliphatic rings. The number of nitrogens with one attached hydrogen (secondary N) is 1. The van der Waals surface area contributed by atoms with E-state index in [1.54, 1.807) is 0 Å². The van der Waals surface area contributed by atoms with Gasteiger partial charge in [-0.3, -0.25) is 15.0 Å². The van der Waals surface area contributed by atoms with Gasteiger partial charge in [-0.1, -0.05) is 12.5 Å². The van der Waals surface area contributed by atoms with Crippen LogP contribution in [0.4, 0.5) is 0 Å². The molecule has 1 unspecified atom stereocenters. The second kappa shape index (κ2) is 7.04. The van der Waals surface area contributed by atoms with E-state index in [2.05, 4.69) is 32.2 Å². The maximum atomic E-state index is 5.53. The highest BCUT2D eigenvalue weighted by Crippen LogP contribution is 2.37. The van der Waals surface area contributed by atoms with E-state index in [4.69, 9.17) is 9.47 Å². The molecule has 0 saturated carbocycles. The Kier molecular flexibility index (Phi) is 4.26. The quantitative estimate of drug-likeness (QED) is 0.762. The van der Waals surface area contributed by atoms with Gasteiger partial charge in [-0.25, -0.2) is 0 Å². The van der Waals surface area contributed by atoms with Crippen LogP contribution in [-0.4, -0.2) is 33.4 Å². The lowest BCUT2D eigenvalue weighted by atomic mass is 9.95. The number of aromatic nitrogens is 3. The van der Waals surface area contributed by atoms with Crippen LogP contribution in [0.25, 0.3) is 11.3 Å². The first-order chi connectivity index (χ1) is 13.4. The van der Waals surface area contributed by atoms with Crippen LogP contribution in [0.3, 0.4) is 0 Å². The van der Waals surface area contributed by atoms with Gasteiger partial charge in [0.15, 0.2) is 11.5 Å². The molecule has 1 aromatic carbocycles. The predicted molar refractivity (Wildman–Crippen MR) is 101 cm³/mol.